The molecule has 0 spiro atoms. The number of para-hydroxylation sites is 2. The number of halogens is 3. The van der Waals surface area contributed by atoms with Crippen molar-refractivity contribution < 1.29 is 28.1 Å². The highest BCUT2D eigenvalue weighted by molar-refractivity contribution is 5.40. The molecule has 0 radical (unpaired) electrons. The Labute approximate surface area is 112 Å². The van der Waals surface area contributed by atoms with Crippen LogP contribution in [0.25, 0.3) is 0 Å². The highest BCUT2D eigenvalue weighted by Gasteiger charge is 2.31. The van der Waals surface area contributed by atoms with Gasteiger partial charge in [0.25, 0.3) is 0 Å². The van der Waals surface area contributed by atoms with Crippen molar-refractivity contribution in [2.24, 2.45) is 0 Å². The zero-order valence-corrected chi connectivity index (χ0v) is 10.2. The van der Waals surface area contributed by atoms with Gasteiger partial charge in [-0.25, -0.2) is 0 Å². The first-order valence-corrected chi connectivity index (χ1v) is 5.68. The Balaban J connectivity index is 2.13. The summed E-state index contributed by atoms with van der Waals surface area (Å²) in [5.74, 6) is -0.402. The van der Waals surface area contributed by atoms with Crippen LogP contribution >= 0.6 is 0 Å². The Morgan fingerprint density at radius 2 is 1.65 bits per heavy atom. The average Bonchev–Trinajstić information content (AvgIpc) is 2.38. The van der Waals surface area contributed by atoms with E-state index in [1.807, 2.05) is 0 Å². The van der Waals surface area contributed by atoms with E-state index >= 15 is 0 Å². The van der Waals surface area contributed by atoms with E-state index in [1.54, 1.807) is 12.1 Å². The lowest BCUT2D eigenvalue weighted by Gasteiger charge is -2.11. The minimum absolute atomic E-state index is 0.0844. The lowest BCUT2D eigenvalue weighted by Crippen LogP contribution is -2.05. The van der Waals surface area contributed by atoms with E-state index < -0.39 is 17.5 Å². The Morgan fingerprint density at radius 1 is 0.950 bits per heavy atom. The third-order valence-corrected chi connectivity index (χ3v) is 2.66. The van der Waals surface area contributed by atoms with Gasteiger partial charge < -0.3 is 14.9 Å². The van der Waals surface area contributed by atoms with Crippen LogP contribution in [0.2, 0.25) is 0 Å². The topological polar surface area (TPSA) is 49.7 Å². The van der Waals surface area contributed by atoms with E-state index in [2.05, 4.69) is 0 Å². The lowest BCUT2D eigenvalue weighted by molar-refractivity contribution is -0.137. The monoisotopic (exact) mass is 284 g/mol. The maximum absolute atomic E-state index is 12.4. The molecule has 0 heterocycles. The highest BCUT2D eigenvalue weighted by Crippen LogP contribution is 2.33. The van der Waals surface area contributed by atoms with Gasteiger partial charge in [0.05, 0.1) is 5.56 Å². The fourth-order valence-corrected chi connectivity index (χ4v) is 1.60. The third-order valence-electron chi connectivity index (χ3n) is 2.66. The van der Waals surface area contributed by atoms with Crippen molar-refractivity contribution in [1.82, 2.24) is 0 Å². The first-order chi connectivity index (χ1) is 9.38. The van der Waals surface area contributed by atoms with Gasteiger partial charge in [0, 0.05) is 5.56 Å². The molecule has 0 saturated carbocycles. The second kappa shape index (κ2) is 5.32. The molecular formula is C14H11F3O3. The molecular weight excluding hydrogens is 273 g/mol. The van der Waals surface area contributed by atoms with E-state index in [0.717, 1.165) is 12.1 Å². The number of phenols is 2. The number of hydrogen-bond donors (Lipinski definition) is 2. The van der Waals surface area contributed by atoms with Crippen LogP contribution < -0.4 is 4.74 Å². The molecule has 0 bridgehead atoms. The zero-order chi connectivity index (χ0) is 14.8. The van der Waals surface area contributed by atoms with Crippen molar-refractivity contribution in [3.8, 4) is 17.2 Å². The van der Waals surface area contributed by atoms with Gasteiger partial charge in [-0.1, -0.05) is 18.2 Å². The van der Waals surface area contributed by atoms with Crippen LogP contribution in [0.15, 0.2) is 42.5 Å². The van der Waals surface area contributed by atoms with Crippen molar-refractivity contribution >= 4 is 0 Å². The summed E-state index contributed by atoms with van der Waals surface area (Å²) in [6.45, 7) is -0.151. The molecule has 6 heteroatoms. The summed E-state index contributed by atoms with van der Waals surface area (Å²) in [6.07, 6.45) is -4.51. The number of rotatable bonds is 3. The normalized spacial score (nSPS) is 11.3. The molecule has 0 aromatic heterocycles. The summed E-state index contributed by atoms with van der Waals surface area (Å²) >= 11 is 0. The average molecular weight is 284 g/mol. The summed E-state index contributed by atoms with van der Waals surface area (Å²) in [4.78, 5) is 0. The fourth-order valence-electron chi connectivity index (χ4n) is 1.60. The van der Waals surface area contributed by atoms with E-state index in [4.69, 9.17) is 4.74 Å². The summed E-state index contributed by atoms with van der Waals surface area (Å²) in [7, 11) is 0. The molecule has 3 nitrogen and oxygen atoms in total. The number of alkyl halides is 3. The first-order valence-electron chi connectivity index (χ1n) is 5.68. The fraction of sp³-hybridized carbons (Fsp3) is 0.143. The highest BCUT2D eigenvalue weighted by atomic mass is 19.4. The molecule has 0 fully saturated rings. The predicted molar refractivity (Wildman–Crippen MR) is 65.5 cm³/mol. The number of phenolic OH excluding ortho intramolecular Hbond substituents is 2. The summed E-state index contributed by atoms with van der Waals surface area (Å²) < 4.78 is 42.5. The number of aromatic hydroxyl groups is 2. The van der Waals surface area contributed by atoms with E-state index in [0.29, 0.717) is 6.07 Å². The lowest BCUT2D eigenvalue weighted by atomic mass is 10.1. The molecule has 2 rings (SSSR count). The summed E-state index contributed by atoms with van der Waals surface area (Å²) in [6, 6.07) is 8.82. The molecule has 106 valence electrons. The molecule has 0 aliphatic rings. The SMILES string of the molecule is Oc1cc(C(F)(F)F)ccc1COc1ccccc1O. The smallest absolute Gasteiger partial charge is 0.416 e. The second-order valence-electron chi connectivity index (χ2n) is 4.10. The number of hydrogen-bond acceptors (Lipinski definition) is 3. The van der Waals surface area contributed by atoms with Gasteiger partial charge in [-0.05, 0) is 24.3 Å². The van der Waals surface area contributed by atoms with Crippen LogP contribution in [0.5, 0.6) is 17.2 Å². The van der Waals surface area contributed by atoms with Gasteiger partial charge in [-0.15, -0.1) is 0 Å². The number of ether oxygens (including phenoxy) is 1. The molecule has 0 amide bonds. The van der Waals surface area contributed by atoms with Crippen LogP contribution in [0.3, 0.4) is 0 Å². The van der Waals surface area contributed by atoms with Crippen molar-refractivity contribution in [3.05, 3.63) is 53.6 Å². The van der Waals surface area contributed by atoms with Crippen LogP contribution in [-0.2, 0) is 12.8 Å². The Kier molecular flexibility index (Phi) is 3.74. The minimum atomic E-state index is -4.51. The maximum Gasteiger partial charge on any atom is 0.416 e. The van der Waals surface area contributed by atoms with Crippen LogP contribution in [0.4, 0.5) is 13.2 Å². The quantitative estimate of drug-likeness (QED) is 0.903. The van der Waals surface area contributed by atoms with Crippen molar-refractivity contribution in [2.75, 3.05) is 0 Å². The first kappa shape index (κ1) is 14.0. The van der Waals surface area contributed by atoms with Crippen LogP contribution in [-0.4, -0.2) is 10.2 Å². The standard InChI is InChI=1S/C14H11F3O3/c15-14(16,17)10-6-5-9(12(19)7-10)8-20-13-4-2-1-3-11(13)18/h1-7,18-19H,8H2. The van der Waals surface area contributed by atoms with E-state index in [9.17, 15) is 23.4 Å². The Hall–Kier alpha value is -2.37. The van der Waals surface area contributed by atoms with Crippen LogP contribution in [0, 0.1) is 0 Å². The molecule has 0 aliphatic heterocycles. The predicted octanol–water partition coefficient (Wildman–Crippen LogP) is 3.70. The van der Waals surface area contributed by atoms with Gasteiger partial charge in [0.15, 0.2) is 11.5 Å². The summed E-state index contributed by atoms with van der Waals surface area (Å²) in [5, 5.41) is 19.0. The van der Waals surface area contributed by atoms with Crippen molar-refractivity contribution in [3.63, 3.8) is 0 Å². The molecule has 2 aromatic rings. The molecule has 2 aromatic carbocycles. The molecule has 2 N–H and O–H groups in total. The van der Waals surface area contributed by atoms with Crippen LogP contribution in [0.1, 0.15) is 11.1 Å². The maximum atomic E-state index is 12.4. The largest absolute Gasteiger partial charge is 0.508 e. The van der Waals surface area contributed by atoms with Gasteiger partial charge in [-0.2, -0.15) is 13.2 Å². The third kappa shape index (κ3) is 3.14. The van der Waals surface area contributed by atoms with E-state index in [1.165, 1.54) is 12.1 Å². The molecule has 0 atom stereocenters. The summed E-state index contributed by atoms with van der Waals surface area (Å²) in [5.41, 5.74) is -0.734. The Morgan fingerprint density at radius 3 is 2.25 bits per heavy atom. The number of benzene rings is 2. The Bertz CT molecular complexity index is 609. The van der Waals surface area contributed by atoms with Gasteiger partial charge in [0.1, 0.15) is 12.4 Å². The van der Waals surface area contributed by atoms with Gasteiger partial charge >= 0.3 is 6.18 Å². The molecule has 0 saturated heterocycles. The minimum Gasteiger partial charge on any atom is -0.508 e. The van der Waals surface area contributed by atoms with Crippen molar-refractivity contribution in [2.45, 2.75) is 12.8 Å². The zero-order valence-electron chi connectivity index (χ0n) is 10.2. The van der Waals surface area contributed by atoms with Gasteiger partial charge in [0.2, 0.25) is 0 Å². The molecule has 20 heavy (non-hydrogen) atoms. The second-order valence-corrected chi connectivity index (χ2v) is 4.10. The van der Waals surface area contributed by atoms with Crippen molar-refractivity contribution in [1.29, 1.82) is 0 Å². The molecule has 0 unspecified atom stereocenters. The molecule has 0 aliphatic carbocycles. The van der Waals surface area contributed by atoms with E-state index in [-0.39, 0.29) is 23.7 Å². The van der Waals surface area contributed by atoms with Gasteiger partial charge in [-0.3, -0.25) is 0 Å².